The topological polar surface area (TPSA) is 97.3 Å². The van der Waals surface area contributed by atoms with Gasteiger partial charge in [0.1, 0.15) is 24.0 Å². The van der Waals surface area contributed by atoms with Gasteiger partial charge in [0, 0.05) is 0 Å². The fourth-order valence-corrected chi connectivity index (χ4v) is 3.36. The lowest BCUT2D eigenvalue weighted by atomic mass is 9.91. The van der Waals surface area contributed by atoms with Gasteiger partial charge in [0.15, 0.2) is 11.5 Å². The molecule has 2 aromatic carbocycles. The van der Waals surface area contributed by atoms with Crippen molar-refractivity contribution < 1.29 is 28.9 Å². The quantitative estimate of drug-likeness (QED) is 0.722. The van der Waals surface area contributed by atoms with Crippen LogP contribution in [0.5, 0.6) is 17.2 Å². The third-order valence-corrected chi connectivity index (χ3v) is 5.08. The minimum atomic E-state index is -1.25. The van der Waals surface area contributed by atoms with E-state index in [1.807, 2.05) is 19.1 Å². The lowest BCUT2D eigenvalue weighted by molar-refractivity contribution is -0.132. The number of imide groups is 1. The van der Waals surface area contributed by atoms with Crippen LogP contribution < -0.4 is 19.5 Å². The van der Waals surface area contributed by atoms with Crippen LogP contribution in [0.2, 0.25) is 0 Å². The summed E-state index contributed by atoms with van der Waals surface area (Å²) in [6.45, 7) is 3.50. The van der Waals surface area contributed by atoms with Gasteiger partial charge in [0.2, 0.25) is 6.79 Å². The molecule has 0 aliphatic carbocycles. The van der Waals surface area contributed by atoms with Crippen LogP contribution in [0, 0.1) is 6.92 Å². The molecule has 0 saturated carbocycles. The molecular weight excluding hydrogens is 376 g/mol. The minimum Gasteiger partial charge on any atom is -0.491 e. The average Bonchev–Trinajstić information content (AvgIpc) is 3.26. The van der Waals surface area contributed by atoms with Crippen LogP contribution in [0.15, 0.2) is 42.5 Å². The highest BCUT2D eigenvalue weighted by atomic mass is 16.7. The number of nitrogens with zero attached hydrogens (tertiary/aromatic N) is 1. The van der Waals surface area contributed by atoms with Gasteiger partial charge < -0.3 is 24.6 Å². The highest BCUT2D eigenvalue weighted by Gasteiger charge is 2.49. The largest absolute Gasteiger partial charge is 0.491 e. The number of hydrogen-bond acceptors (Lipinski definition) is 6. The summed E-state index contributed by atoms with van der Waals surface area (Å²) in [5.41, 5.74) is 0.420. The molecule has 1 saturated heterocycles. The van der Waals surface area contributed by atoms with Gasteiger partial charge in [0.05, 0.1) is 6.54 Å². The number of rotatable bonds is 6. The number of ether oxygens (including phenoxy) is 3. The van der Waals surface area contributed by atoms with Crippen molar-refractivity contribution in [1.82, 2.24) is 10.2 Å². The van der Waals surface area contributed by atoms with Crippen LogP contribution in [0.3, 0.4) is 0 Å². The second-order valence-electron chi connectivity index (χ2n) is 7.32. The molecule has 152 valence electrons. The van der Waals surface area contributed by atoms with E-state index < -0.39 is 23.6 Å². The number of amides is 3. The Balaban J connectivity index is 1.43. The molecule has 2 aromatic rings. The number of benzene rings is 2. The molecule has 0 unspecified atom stereocenters. The number of fused-ring (bicyclic) bond motifs is 1. The Morgan fingerprint density at radius 2 is 1.90 bits per heavy atom. The molecule has 2 heterocycles. The van der Waals surface area contributed by atoms with E-state index in [1.54, 1.807) is 37.3 Å². The summed E-state index contributed by atoms with van der Waals surface area (Å²) in [5, 5.41) is 13.0. The second kappa shape index (κ2) is 7.29. The van der Waals surface area contributed by atoms with Crippen molar-refractivity contribution in [2.24, 2.45) is 0 Å². The van der Waals surface area contributed by atoms with Gasteiger partial charge in [-0.15, -0.1) is 0 Å². The number of urea groups is 1. The van der Waals surface area contributed by atoms with E-state index in [2.05, 4.69) is 5.32 Å². The van der Waals surface area contributed by atoms with Crippen LogP contribution in [0.25, 0.3) is 0 Å². The van der Waals surface area contributed by atoms with Crippen molar-refractivity contribution in [3.05, 3.63) is 53.6 Å². The molecule has 1 fully saturated rings. The lowest BCUT2D eigenvalue weighted by Gasteiger charge is -2.23. The molecule has 0 radical (unpaired) electrons. The number of aliphatic hydroxyl groups excluding tert-OH is 1. The number of carbonyl (C=O) groups is 2. The number of aliphatic hydroxyl groups is 1. The Morgan fingerprint density at radius 3 is 2.66 bits per heavy atom. The zero-order valence-corrected chi connectivity index (χ0v) is 16.2. The van der Waals surface area contributed by atoms with Crippen LogP contribution >= 0.6 is 0 Å². The van der Waals surface area contributed by atoms with E-state index in [9.17, 15) is 14.7 Å². The van der Waals surface area contributed by atoms with Crippen LogP contribution in [-0.4, -0.2) is 48.0 Å². The fraction of sp³-hybridized carbons (Fsp3) is 0.333. The standard InChI is InChI=1S/C21H22N2O6/c1-13-3-6-16(7-4-13)27-11-15(24)10-23-19(25)21(2,22-20(23)26)14-5-8-17-18(9-14)29-12-28-17/h3-9,15,24H,10-12H2,1-2H3,(H,22,26)/t15-,21-/m1/s1. The van der Waals surface area contributed by atoms with Gasteiger partial charge in [-0.3, -0.25) is 9.69 Å². The van der Waals surface area contributed by atoms with E-state index in [4.69, 9.17) is 14.2 Å². The zero-order valence-electron chi connectivity index (χ0n) is 16.2. The molecule has 4 rings (SSSR count). The summed E-state index contributed by atoms with van der Waals surface area (Å²) >= 11 is 0. The van der Waals surface area contributed by atoms with Crippen LogP contribution in [0.4, 0.5) is 4.79 Å². The molecule has 2 aliphatic heterocycles. The summed E-state index contributed by atoms with van der Waals surface area (Å²) < 4.78 is 16.2. The van der Waals surface area contributed by atoms with E-state index in [0.29, 0.717) is 22.8 Å². The molecule has 8 heteroatoms. The smallest absolute Gasteiger partial charge is 0.325 e. The Morgan fingerprint density at radius 1 is 1.17 bits per heavy atom. The van der Waals surface area contributed by atoms with Crippen molar-refractivity contribution >= 4 is 11.9 Å². The SMILES string of the molecule is Cc1ccc(OC[C@H](O)CN2C(=O)N[C@](C)(c3ccc4c(c3)OCO4)C2=O)cc1. The van der Waals surface area contributed by atoms with Crippen LogP contribution in [0.1, 0.15) is 18.1 Å². The van der Waals surface area contributed by atoms with Gasteiger partial charge in [-0.2, -0.15) is 0 Å². The Kier molecular flexibility index (Phi) is 4.79. The lowest BCUT2D eigenvalue weighted by Crippen LogP contribution is -2.42. The summed E-state index contributed by atoms with van der Waals surface area (Å²) in [6.07, 6.45) is -1.02. The second-order valence-corrected chi connectivity index (χ2v) is 7.32. The maximum atomic E-state index is 13.0. The highest BCUT2D eigenvalue weighted by Crippen LogP contribution is 2.37. The first-order chi connectivity index (χ1) is 13.9. The molecule has 3 amide bonds. The number of β-amino-alcohol motifs (C(OH)–C–C–N with tert-alkyl or cyclic N) is 1. The van der Waals surface area contributed by atoms with Crippen molar-refractivity contribution in [3.63, 3.8) is 0 Å². The summed E-state index contributed by atoms with van der Waals surface area (Å²) in [4.78, 5) is 26.5. The molecular formula is C21H22N2O6. The molecule has 29 heavy (non-hydrogen) atoms. The predicted molar refractivity (Wildman–Crippen MR) is 103 cm³/mol. The number of hydrogen-bond donors (Lipinski definition) is 2. The first kappa shape index (κ1) is 19.1. The zero-order chi connectivity index (χ0) is 20.6. The summed E-state index contributed by atoms with van der Waals surface area (Å²) in [6, 6.07) is 11.9. The Hall–Kier alpha value is -3.26. The van der Waals surface area contributed by atoms with Crippen molar-refractivity contribution in [2.75, 3.05) is 19.9 Å². The maximum Gasteiger partial charge on any atom is 0.325 e. The third-order valence-electron chi connectivity index (χ3n) is 5.08. The van der Waals surface area contributed by atoms with Gasteiger partial charge in [-0.1, -0.05) is 23.8 Å². The molecule has 2 aliphatic rings. The number of nitrogens with one attached hydrogen (secondary N) is 1. The van der Waals surface area contributed by atoms with Crippen molar-refractivity contribution in [3.8, 4) is 17.2 Å². The van der Waals surface area contributed by atoms with Gasteiger partial charge in [0.25, 0.3) is 5.91 Å². The molecule has 2 N–H and O–H groups in total. The average molecular weight is 398 g/mol. The fourth-order valence-electron chi connectivity index (χ4n) is 3.36. The highest BCUT2D eigenvalue weighted by molar-refractivity contribution is 6.07. The van der Waals surface area contributed by atoms with Crippen LogP contribution in [-0.2, 0) is 10.3 Å². The molecule has 0 bridgehead atoms. The number of aryl methyl sites for hydroxylation is 1. The predicted octanol–water partition coefficient (Wildman–Crippen LogP) is 1.93. The normalized spacial score (nSPS) is 21.3. The van der Waals surface area contributed by atoms with E-state index >= 15 is 0 Å². The Labute approximate surface area is 168 Å². The molecule has 8 nitrogen and oxygen atoms in total. The summed E-state index contributed by atoms with van der Waals surface area (Å²) in [5.74, 6) is 1.28. The molecule has 2 atom stereocenters. The first-order valence-electron chi connectivity index (χ1n) is 9.28. The minimum absolute atomic E-state index is 0.0408. The molecule has 0 aromatic heterocycles. The van der Waals surface area contributed by atoms with Gasteiger partial charge in [-0.05, 0) is 43.7 Å². The summed E-state index contributed by atoms with van der Waals surface area (Å²) in [7, 11) is 0. The maximum absolute atomic E-state index is 13.0. The van der Waals surface area contributed by atoms with Crippen molar-refractivity contribution in [2.45, 2.75) is 25.5 Å². The third kappa shape index (κ3) is 3.58. The molecule has 0 spiro atoms. The first-order valence-corrected chi connectivity index (χ1v) is 9.28. The number of carbonyl (C=O) groups excluding carboxylic acids is 2. The monoisotopic (exact) mass is 398 g/mol. The van der Waals surface area contributed by atoms with E-state index in [0.717, 1.165) is 10.5 Å². The van der Waals surface area contributed by atoms with Gasteiger partial charge >= 0.3 is 6.03 Å². The van der Waals surface area contributed by atoms with E-state index in [-0.39, 0.29) is 19.9 Å². The van der Waals surface area contributed by atoms with E-state index in [1.165, 1.54) is 0 Å². The van der Waals surface area contributed by atoms with Gasteiger partial charge in [-0.25, -0.2) is 4.79 Å². The van der Waals surface area contributed by atoms with Crippen molar-refractivity contribution in [1.29, 1.82) is 0 Å². The Bertz CT molecular complexity index is 945.